The van der Waals surface area contributed by atoms with Crippen LogP contribution in [0.2, 0.25) is 0 Å². The quantitative estimate of drug-likeness (QED) is 0.837. The maximum Gasteiger partial charge on any atom is 0.242 e. The molecule has 0 spiro atoms. The third-order valence-electron chi connectivity index (χ3n) is 5.28. The summed E-state index contributed by atoms with van der Waals surface area (Å²) in [4.78, 5) is 17.4. The monoisotopic (exact) mass is 337 g/mol. The zero-order valence-electron chi connectivity index (χ0n) is 13.0. The summed E-state index contributed by atoms with van der Waals surface area (Å²) in [6.07, 6.45) is 7.51. The Kier molecular flexibility index (Phi) is 7.25. The summed E-state index contributed by atoms with van der Waals surface area (Å²) in [6, 6.07) is 0.820. The van der Waals surface area contributed by atoms with Crippen molar-refractivity contribution in [2.45, 2.75) is 57.0 Å². The van der Waals surface area contributed by atoms with Gasteiger partial charge in [0.1, 0.15) is 0 Å². The van der Waals surface area contributed by atoms with Crippen LogP contribution in [0.1, 0.15) is 45.4 Å². The summed E-state index contributed by atoms with van der Waals surface area (Å²) in [6.45, 7) is 7.08. The molecule has 21 heavy (non-hydrogen) atoms. The number of hydrogen-bond acceptors (Lipinski definition) is 3. The number of piperidine rings is 1. The second-order valence-corrected chi connectivity index (χ2v) is 6.63. The molecule has 1 atom stereocenters. The van der Waals surface area contributed by atoms with E-state index in [-0.39, 0.29) is 30.4 Å². The van der Waals surface area contributed by atoms with E-state index in [9.17, 15) is 4.79 Å². The molecule has 2 aliphatic heterocycles. The van der Waals surface area contributed by atoms with Crippen molar-refractivity contribution in [3.8, 4) is 0 Å². The molecule has 0 aromatic carbocycles. The number of halogens is 2. The van der Waals surface area contributed by atoms with Crippen molar-refractivity contribution >= 4 is 30.7 Å². The highest BCUT2D eigenvalue weighted by molar-refractivity contribution is 5.86. The van der Waals surface area contributed by atoms with Crippen molar-refractivity contribution in [1.82, 2.24) is 15.1 Å². The molecule has 1 unspecified atom stereocenters. The second-order valence-electron chi connectivity index (χ2n) is 6.63. The van der Waals surface area contributed by atoms with Gasteiger partial charge in [0.25, 0.3) is 0 Å². The van der Waals surface area contributed by atoms with Crippen LogP contribution in [0.15, 0.2) is 0 Å². The maximum absolute atomic E-state index is 12.7. The molecule has 0 radical (unpaired) electrons. The first-order valence-electron chi connectivity index (χ1n) is 7.97. The Labute approximate surface area is 140 Å². The van der Waals surface area contributed by atoms with Crippen molar-refractivity contribution in [2.75, 3.05) is 32.7 Å². The summed E-state index contributed by atoms with van der Waals surface area (Å²) in [5, 5.41) is 3.44. The average molecular weight is 338 g/mol. The fourth-order valence-electron chi connectivity index (χ4n) is 3.63. The molecule has 0 bridgehead atoms. The van der Waals surface area contributed by atoms with Crippen LogP contribution >= 0.6 is 24.8 Å². The van der Waals surface area contributed by atoms with Crippen LogP contribution in [0.5, 0.6) is 0 Å². The topological polar surface area (TPSA) is 35.6 Å². The van der Waals surface area contributed by atoms with Crippen molar-refractivity contribution in [3.63, 3.8) is 0 Å². The lowest BCUT2D eigenvalue weighted by molar-refractivity contribution is -0.141. The number of nitrogens with zero attached hydrogens (tertiary/aromatic N) is 2. The summed E-state index contributed by atoms with van der Waals surface area (Å²) in [5.74, 6) is 0.334. The highest BCUT2D eigenvalue weighted by Crippen LogP contribution is 2.27. The first-order chi connectivity index (χ1) is 9.19. The molecule has 1 saturated carbocycles. The number of amides is 1. The lowest BCUT2D eigenvalue weighted by Crippen LogP contribution is -2.62. The fourth-order valence-corrected chi connectivity index (χ4v) is 3.63. The van der Waals surface area contributed by atoms with E-state index < -0.39 is 0 Å². The molecule has 4 nitrogen and oxygen atoms in total. The zero-order chi connectivity index (χ0) is 13.3. The Bertz CT molecular complexity index is 336. The summed E-state index contributed by atoms with van der Waals surface area (Å²) in [5.41, 5.74) is -0.295. The van der Waals surface area contributed by atoms with Gasteiger partial charge >= 0.3 is 0 Å². The predicted octanol–water partition coefficient (Wildman–Crippen LogP) is 2.06. The third kappa shape index (κ3) is 4.04. The van der Waals surface area contributed by atoms with E-state index in [2.05, 4.69) is 22.0 Å². The largest absolute Gasteiger partial charge is 0.339 e. The minimum Gasteiger partial charge on any atom is -0.339 e. The Balaban J connectivity index is 0.00000110. The molecule has 6 heteroatoms. The SMILES string of the molecule is CC1(C(=O)N2CCN(C3CCC3)CC2)CCCCN1.Cl.Cl. The maximum atomic E-state index is 12.7. The molecule has 3 fully saturated rings. The molecular formula is C15H29Cl2N3O. The van der Waals surface area contributed by atoms with Crippen LogP contribution < -0.4 is 5.32 Å². The lowest BCUT2D eigenvalue weighted by Gasteiger charge is -2.45. The summed E-state index contributed by atoms with van der Waals surface area (Å²) < 4.78 is 0. The van der Waals surface area contributed by atoms with Gasteiger partial charge in [-0.05, 0) is 45.6 Å². The predicted molar refractivity (Wildman–Crippen MR) is 90.5 cm³/mol. The Hall–Kier alpha value is -0.0300. The van der Waals surface area contributed by atoms with Gasteiger partial charge in [0.2, 0.25) is 5.91 Å². The Morgan fingerprint density at radius 2 is 1.71 bits per heavy atom. The van der Waals surface area contributed by atoms with Gasteiger partial charge in [-0.25, -0.2) is 0 Å². The Morgan fingerprint density at radius 3 is 2.19 bits per heavy atom. The van der Waals surface area contributed by atoms with Gasteiger partial charge in [-0.15, -0.1) is 24.8 Å². The van der Waals surface area contributed by atoms with E-state index in [0.29, 0.717) is 5.91 Å². The van der Waals surface area contributed by atoms with E-state index in [0.717, 1.165) is 45.2 Å². The molecule has 124 valence electrons. The van der Waals surface area contributed by atoms with Crippen LogP contribution in [0.3, 0.4) is 0 Å². The van der Waals surface area contributed by atoms with Gasteiger partial charge in [0.15, 0.2) is 0 Å². The van der Waals surface area contributed by atoms with Crippen LogP contribution in [-0.4, -0.2) is 60.0 Å². The standard InChI is InChI=1S/C15H27N3O.2ClH/c1-15(7-2-3-8-16-15)14(19)18-11-9-17(10-12-18)13-5-4-6-13;;/h13,16H,2-12H2,1H3;2*1H. The minimum atomic E-state index is -0.295. The van der Waals surface area contributed by atoms with Crippen LogP contribution in [0.25, 0.3) is 0 Å². The molecule has 1 N–H and O–H groups in total. The van der Waals surface area contributed by atoms with Gasteiger partial charge in [0, 0.05) is 32.2 Å². The number of carbonyl (C=O) groups is 1. The van der Waals surface area contributed by atoms with Crippen molar-refractivity contribution in [2.24, 2.45) is 0 Å². The third-order valence-corrected chi connectivity index (χ3v) is 5.28. The van der Waals surface area contributed by atoms with E-state index in [1.807, 2.05) is 0 Å². The van der Waals surface area contributed by atoms with E-state index in [4.69, 9.17) is 0 Å². The number of hydrogen-bond donors (Lipinski definition) is 1. The molecule has 1 amide bonds. The minimum absolute atomic E-state index is 0. The smallest absolute Gasteiger partial charge is 0.242 e. The molecule has 3 rings (SSSR count). The first-order valence-corrected chi connectivity index (χ1v) is 7.97. The van der Waals surface area contributed by atoms with Crippen LogP contribution in [0.4, 0.5) is 0 Å². The van der Waals surface area contributed by atoms with Gasteiger partial charge in [-0.1, -0.05) is 6.42 Å². The highest BCUT2D eigenvalue weighted by atomic mass is 35.5. The summed E-state index contributed by atoms with van der Waals surface area (Å²) in [7, 11) is 0. The van der Waals surface area contributed by atoms with Gasteiger partial charge in [-0.3, -0.25) is 9.69 Å². The molecule has 1 aliphatic carbocycles. The van der Waals surface area contributed by atoms with E-state index >= 15 is 0 Å². The van der Waals surface area contributed by atoms with Crippen molar-refractivity contribution in [3.05, 3.63) is 0 Å². The van der Waals surface area contributed by atoms with Gasteiger partial charge < -0.3 is 10.2 Å². The molecule has 0 aromatic rings. The highest BCUT2D eigenvalue weighted by Gasteiger charge is 2.39. The molecule has 2 saturated heterocycles. The van der Waals surface area contributed by atoms with E-state index in [1.54, 1.807) is 0 Å². The fraction of sp³-hybridized carbons (Fsp3) is 0.933. The first kappa shape index (κ1) is 19.0. The second kappa shape index (κ2) is 8.00. The molecule has 2 heterocycles. The molecule has 0 aromatic heterocycles. The average Bonchev–Trinajstić information content (AvgIpc) is 2.38. The van der Waals surface area contributed by atoms with Gasteiger partial charge in [0.05, 0.1) is 5.54 Å². The normalized spacial score (nSPS) is 30.8. The number of piperazine rings is 1. The zero-order valence-corrected chi connectivity index (χ0v) is 14.6. The number of rotatable bonds is 2. The van der Waals surface area contributed by atoms with Crippen molar-refractivity contribution in [1.29, 1.82) is 0 Å². The lowest BCUT2D eigenvalue weighted by atomic mass is 9.88. The van der Waals surface area contributed by atoms with Crippen LogP contribution in [0, 0.1) is 0 Å². The number of nitrogens with one attached hydrogen (secondary N) is 1. The van der Waals surface area contributed by atoms with E-state index in [1.165, 1.54) is 32.1 Å². The summed E-state index contributed by atoms with van der Waals surface area (Å²) >= 11 is 0. The molecule has 3 aliphatic rings. The molecular weight excluding hydrogens is 309 g/mol. The Morgan fingerprint density at radius 1 is 1.05 bits per heavy atom. The number of carbonyl (C=O) groups excluding carboxylic acids is 1. The van der Waals surface area contributed by atoms with Crippen LogP contribution in [-0.2, 0) is 4.79 Å². The van der Waals surface area contributed by atoms with Gasteiger partial charge in [-0.2, -0.15) is 0 Å². The van der Waals surface area contributed by atoms with Crippen molar-refractivity contribution < 1.29 is 4.79 Å².